The zero-order valence-electron chi connectivity index (χ0n) is 28.4. The van der Waals surface area contributed by atoms with Crippen LogP contribution in [-0.2, 0) is 0 Å². The average molecular weight is 664 g/mol. The summed E-state index contributed by atoms with van der Waals surface area (Å²) in [5, 5.41) is 7.05. The van der Waals surface area contributed by atoms with Gasteiger partial charge in [0.05, 0.1) is 0 Å². The molecule has 0 spiro atoms. The molecule has 0 aliphatic rings. The molecule has 244 valence electrons. The van der Waals surface area contributed by atoms with Crippen LogP contribution in [0.15, 0.2) is 205 Å². The number of fused-ring (bicyclic) bond motifs is 6. The summed E-state index contributed by atoms with van der Waals surface area (Å²) in [4.78, 5) is 2.40. The van der Waals surface area contributed by atoms with Crippen LogP contribution < -0.4 is 4.90 Å². The van der Waals surface area contributed by atoms with Crippen LogP contribution in [0.1, 0.15) is 0 Å². The van der Waals surface area contributed by atoms with Gasteiger partial charge in [-0.25, -0.2) is 0 Å². The van der Waals surface area contributed by atoms with Crippen molar-refractivity contribution < 1.29 is 4.42 Å². The average Bonchev–Trinajstić information content (AvgIpc) is 3.58. The Morgan fingerprint density at radius 2 is 0.865 bits per heavy atom. The van der Waals surface area contributed by atoms with E-state index in [0.717, 1.165) is 44.4 Å². The van der Waals surface area contributed by atoms with Crippen LogP contribution >= 0.6 is 0 Å². The van der Waals surface area contributed by atoms with Gasteiger partial charge in [0.1, 0.15) is 11.2 Å². The number of hydrogen-bond donors (Lipinski definition) is 0. The molecule has 0 N–H and O–H groups in total. The van der Waals surface area contributed by atoms with Gasteiger partial charge in [-0.2, -0.15) is 0 Å². The fourth-order valence-electron chi connectivity index (χ4n) is 7.70. The minimum Gasteiger partial charge on any atom is -0.456 e. The van der Waals surface area contributed by atoms with E-state index in [1.54, 1.807) is 0 Å². The zero-order valence-corrected chi connectivity index (χ0v) is 28.4. The van der Waals surface area contributed by atoms with E-state index in [9.17, 15) is 0 Å². The summed E-state index contributed by atoms with van der Waals surface area (Å²) in [6.45, 7) is 0. The van der Waals surface area contributed by atoms with Gasteiger partial charge in [-0.1, -0.05) is 146 Å². The highest BCUT2D eigenvalue weighted by atomic mass is 16.3. The van der Waals surface area contributed by atoms with Crippen LogP contribution in [0.5, 0.6) is 0 Å². The lowest BCUT2D eigenvalue weighted by Crippen LogP contribution is -2.10. The van der Waals surface area contributed by atoms with Crippen LogP contribution in [0.4, 0.5) is 17.1 Å². The first-order valence-electron chi connectivity index (χ1n) is 17.8. The van der Waals surface area contributed by atoms with Crippen LogP contribution in [0.2, 0.25) is 0 Å². The molecule has 0 fully saturated rings. The first-order valence-corrected chi connectivity index (χ1v) is 17.8. The number of furan rings is 1. The molecule has 0 unspecified atom stereocenters. The lowest BCUT2D eigenvalue weighted by atomic mass is 9.93. The third-order valence-corrected chi connectivity index (χ3v) is 10.2. The van der Waals surface area contributed by atoms with Crippen molar-refractivity contribution in [3.8, 4) is 33.4 Å². The Balaban J connectivity index is 1.22. The van der Waals surface area contributed by atoms with Crippen LogP contribution in [0.25, 0.3) is 76.9 Å². The molecule has 1 heterocycles. The minimum absolute atomic E-state index is 0.912. The Hall–Kier alpha value is -6.90. The van der Waals surface area contributed by atoms with Gasteiger partial charge in [-0.05, 0) is 110 Å². The number of hydrogen-bond acceptors (Lipinski definition) is 2. The van der Waals surface area contributed by atoms with Crippen molar-refractivity contribution in [3.63, 3.8) is 0 Å². The molecule has 0 saturated heterocycles. The molecule has 9 aromatic carbocycles. The molecular formula is C50H33NO. The van der Waals surface area contributed by atoms with Crippen molar-refractivity contribution in [1.29, 1.82) is 0 Å². The van der Waals surface area contributed by atoms with Crippen molar-refractivity contribution >= 4 is 60.5 Å². The van der Waals surface area contributed by atoms with E-state index < -0.39 is 0 Å². The molecule has 0 radical (unpaired) electrons. The topological polar surface area (TPSA) is 16.4 Å². The van der Waals surface area contributed by atoms with Crippen molar-refractivity contribution in [2.75, 3.05) is 4.90 Å². The Bertz CT molecular complexity index is 2890. The largest absolute Gasteiger partial charge is 0.456 e. The first kappa shape index (κ1) is 30.0. The summed E-state index contributed by atoms with van der Waals surface area (Å²) in [6.07, 6.45) is 0. The highest BCUT2D eigenvalue weighted by molar-refractivity contribution is 6.17. The number of para-hydroxylation sites is 1. The maximum atomic E-state index is 6.28. The van der Waals surface area contributed by atoms with Crippen LogP contribution in [0.3, 0.4) is 0 Å². The van der Waals surface area contributed by atoms with E-state index in [0.29, 0.717) is 0 Å². The van der Waals surface area contributed by atoms with Gasteiger partial charge >= 0.3 is 0 Å². The predicted molar refractivity (Wildman–Crippen MR) is 220 cm³/mol. The normalized spacial score (nSPS) is 11.5. The zero-order chi connectivity index (χ0) is 34.4. The number of benzene rings is 9. The summed E-state index contributed by atoms with van der Waals surface area (Å²) in [5.41, 5.74) is 12.2. The monoisotopic (exact) mass is 663 g/mol. The third kappa shape index (κ3) is 5.21. The van der Waals surface area contributed by atoms with Crippen molar-refractivity contribution in [1.82, 2.24) is 0 Å². The highest BCUT2D eigenvalue weighted by Gasteiger charge is 2.18. The van der Waals surface area contributed by atoms with Crippen LogP contribution in [-0.4, -0.2) is 0 Å². The standard InChI is InChI=1S/C50H33NO/c1-4-13-34(14-5-1)38-19-12-20-40(29-38)51(42-27-28-43(35-15-6-2-7-16-35)45(31-42)36-17-8-3-9-18-36)41-26-25-37-23-24-39-30-50-48(33-47(39)46(37)32-41)44-21-10-11-22-49(44)52-50/h1-33H. The predicted octanol–water partition coefficient (Wildman–Crippen LogP) is 14.4. The molecule has 2 heteroatoms. The second-order valence-electron chi connectivity index (χ2n) is 13.4. The molecule has 0 atom stereocenters. The maximum Gasteiger partial charge on any atom is 0.136 e. The molecule has 52 heavy (non-hydrogen) atoms. The Kier molecular flexibility index (Phi) is 7.18. The maximum absolute atomic E-state index is 6.28. The second kappa shape index (κ2) is 12.5. The molecular weight excluding hydrogens is 631 g/mol. The molecule has 10 rings (SSSR count). The second-order valence-corrected chi connectivity index (χ2v) is 13.4. The minimum atomic E-state index is 0.912. The molecule has 2 nitrogen and oxygen atoms in total. The molecule has 0 saturated carbocycles. The molecule has 0 aliphatic heterocycles. The van der Waals surface area contributed by atoms with Crippen LogP contribution in [0, 0.1) is 0 Å². The fraction of sp³-hybridized carbons (Fsp3) is 0. The number of rotatable bonds is 6. The number of nitrogens with zero attached hydrogens (tertiary/aromatic N) is 1. The van der Waals surface area contributed by atoms with Gasteiger partial charge < -0.3 is 9.32 Å². The fourth-order valence-corrected chi connectivity index (χ4v) is 7.70. The van der Waals surface area contributed by atoms with E-state index in [1.807, 2.05) is 12.1 Å². The molecule has 0 bridgehead atoms. The Morgan fingerprint density at radius 3 is 1.65 bits per heavy atom. The molecule has 10 aromatic rings. The van der Waals surface area contributed by atoms with Gasteiger partial charge in [0, 0.05) is 27.8 Å². The van der Waals surface area contributed by atoms with Crippen molar-refractivity contribution in [2.45, 2.75) is 0 Å². The Morgan fingerprint density at radius 1 is 0.288 bits per heavy atom. The van der Waals surface area contributed by atoms with E-state index in [2.05, 4.69) is 193 Å². The van der Waals surface area contributed by atoms with E-state index in [1.165, 1.54) is 49.5 Å². The quantitative estimate of drug-likeness (QED) is 0.165. The summed E-state index contributed by atoms with van der Waals surface area (Å²) in [6, 6.07) is 71.9. The third-order valence-electron chi connectivity index (χ3n) is 10.2. The van der Waals surface area contributed by atoms with Crippen molar-refractivity contribution in [2.24, 2.45) is 0 Å². The first-order chi connectivity index (χ1) is 25.8. The molecule has 0 aliphatic carbocycles. The van der Waals surface area contributed by atoms with E-state index >= 15 is 0 Å². The lowest BCUT2D eigenvalue weighted by Gasteiger charge is -2.28. The SMILES string of the molecule is c1ccc(-c2cccc(N(c3ccc(-c4ccccc4)c(-c4ccccc4)c3)c3ccc4ccc5cc6oc7ccccc7c6cc5c4c3)c2)cc1. The summed E-state index contributed by atoms with van der Waals surface area (Å²) >= 11 is 0. The van der Waals surface area contributed by atoms with Crippen molar-refractivity contribution in [3.05, 3.63) is 200 Å². The summed E-state index contributed by atoms with van der Waals surface area (Å²) in [7, 11) is 0. The van der Waals surface area contributed by atoms with Gasteiger partial charge in [0.25, 0.3) is 0 Å². The highest BCUT2D eigenvalue weighted by Crippen LogP contribution is 2.43. The van der Waals surface area contributed by atoms with E-state index in [-0.39, 0.29) is 0 Å². The molecule has 0 amide bonds. The summed E-state index contributed by atoms with van der Waals surface area (Å²) in [5.74, 6) is 0. The van der Waals surface area contributed by atoms with Gasteiger partial charge in [0.2, 0.25) is 0 Å². The van der Waals surface area contributed by atoms with Gasteiger partial charge in [-0.3, -0.25) is 0 Å². The van der Waals surface area contributed by atoms with E-state index in [4.69, 9.17) is 4.42 Å². The smallest absolute Gasteiger partial charge is 0.136 e. The summed E-state index contributed by atoms with van der Waals surface area (Å²) < 4.78 is 6.28. The molecule has 1 aromatic heterocycles. The Labute approximate surface area is 302 Å². The lowest BCUT2D eigenvalue weighted by molar-refractivity contribution is 0.669. The number of anilines is 3. The van der Waals surface area contributed by atoms with Gasteiger partial charge in [-0.15, -0.1) is 0 Å². The van der Waals surface area contributed by atoms with Gasteiger partial charge in [0.15, 0.2) is 0 Å².